The van der Waals surface area contributed by atoms with Crippen molar-refractivity contribution in [3.63, 3.8) is 0 Å². The minimum atomic E-state index is -0.323. The second-order valence-electron chi connectivity index (χ2n) is 5.17. The minimum absolute atomic E-state index is 0.0799. The van der Waals surface area contributed by atoms with Gasteiger partial charge in [-0.15, -0.1) is 10.2 Å². The Morgan fingerprint density at radius 3 is 2.77 bits per heavy atom. The Balaban J connectivity index is 2.07. The van der Waals surface area contributed by atoms with Gasteiger partial charge >= 0.3 is 0 Å². The van der Waals surface area contributed by atoms with Crippen molar-refractivity contribution < 1.29 is 4.79 Å². The van der Waals surface area contributed by atoms with Gasteiger partial charge in [0.05, 0.1) is 5.25 Å². The summed E-state index contributed by atoms with van der Waals surface area (Å²) in [6, 6.07) is 7.91. The van der Waals surface area contributed by atoms with Gasteiger partial charge in [0.25, 0.3) is 0 Å². The summed E-state index contributed by atoms with van der Waals surface area (Å²) in [5, 5.41) is 10.8. The topological polar surface area (TPSA) is 85.8 Å². The molecule has 6 nitrogen and oxygen atoms in total. The largest absolute Gasteiger partial charge is 0.336 e. The molecule has 1 aromatic heterocycles. The van der Waals surface area contributed by atoms with Gasteiger partial charge in [0.15, 0.2) is 0 Å². The fourth-order valence-electron chi connectivity index (χ4n) is 2.02. The third-order valence-corrected chi connectivity index (χ3v) is 4.62. The summed E-state index contributed by atoms with van der Waals surface area (Å²) in [5.41, 5.74) is 2.01. The van der Waals surface area contributed by atoms with Crippen molar-refractivity contribution in [2.45, 2.75) is 43.5 Å². The molecule has 2 atom stereocenters. The lowest BCUT2D eigenvalue weighted by Crippen LogP contribution is -2.24. The maximum Gasteiger partial charge on any atom is 0.237 e. The normalized spacial score (nSPS) is 13.6. The van der Waals surface area contributed by atoms with Crippen LogP contribution in [0.25, 0.3) is 0 Å². The highest BCUT2D eigenvalue weighted by atomic mass is 32.2. The lowest BCUT2D eigenvalue weighted by atomic mass is 9.97. The number of aromatic nitrogens is 3. The van der Waals surface area contributed by atoms with E-state index in [4.69, 9.17) is 5.84 Å². The molecule has 0 aliphatic rings. The van der Waals surface area contributed by atoms with Gasteiger partial charge in [-0.1, -0.05) is 43.8 Å². The minimum Gasteiger partial charge on any atom is -0.336 e. The van der Waals surface area contributed by atoms with E-state index in [1.165, 1.54) is 22.8 Å². The van der Waals surface area contributed by atoms with Crippen molar-refractivity contribution in [2.75, 3.05) is 11.2 Å². The van der Waals surface area contributed by atoms with Crippen LogP contribution in [0.1, 0.15) is 38.7 Å². The molecule has 1 heterocycles. The predicted octanol–water partition coefficient (Wildman–Crippen LogP) is 2.62. The van der Waals surface area contributed by atoms with Gasteiger partial charge in [0.1, 0.15) is 6.33 Å². The lowest BCUT2D eigenvalue weighted by Gasteiger charge is -2.17. The van der Waals surface area contributed by atoms with Crippen LogP contribution in [0.5, 0.6) is 0 Å². The van der Waals surface area contributed by atoms with Gasteiger partial charge in [-0.3, -0.25) is 4.79 Å². The van der Waals surface area contributed by atoms with Crippen LogP contribution >= 0.6 is 11.8 Å². The Hall–Kier alpha value is -2.02. The molecule has 0 saturated carbocycles. The highest BCUT2D eigenvalue weighted by Gasteiger charge is 2.19. The molecule has 1 aromatic carbocycles. The molecule has 0 bridgehead atoms. The van der Waals surface area contributed by atoms with Gasteiger partial charge in [-0.05, 0) is 30.9 Å². The van der Waals surface area contributed by atoms with Crippen LogP contribution in [-0.4, -0.2) is 26.0 Å². The van der Waals surface area contributed by atoms with E-state index in [9.17, 15) is 4.79 Å². The van der Waals surface area contributed by atoms with Crippen LogP contribution in [0, 0.1) is 0 Å². The molecule has 0 spiro atoms. The second kappa shape index (κ2) is 7.31. The SMILES string of the molecule is CC[C@@H](C)c1ccccc1NC(=O)[C@H](C)Sc1nncn1N. The molecule has 3 N–H and O–H groups in total. The van der Waals surface area contributed by atoms with E-state index in [0.717, 1.165) is 17.7 Å². The van der Waals surface area contributed by atoms with Gasteiger partial charge in [-0.25, -0.2) is 4.68 Å². The Labute approximate surface area is 134 Å². The molecule has 0 fully saturated rings. The number of carbonyl (C=O) groups excluding carboxylic acids is 1. The molecule has 0 saturated heterocycles. The maximum absolute atomic E-state index is 12.4. The standard InChI is InChI=1S/C15H21N5OS/c1-4-10(2)12-7-5-6-8-13(12)18-14(21)11(3)22-15-19-17-9-20(15)16/h5-11H,4,16H2,1-3H3,(H,18,21)/t10-,11+/m1/s1. The van der Waals surface area contributed by atoms with E-state index in [1.807, 2.05) is 25.1 Å². The number of carbonyl (C=O) groups is 1. The molecular weight excluding hydrogens is 298 g/mol. The van der Waals surface area contributed by atoms with Crippen LogP contribution in [0.15, 0.2) is 35.7 Å². The summed E-state index contributed by atoms with van der Waals surface area (Å²) in [6.07, 6.45) is 2.43. The Kier molecular flexibility index (Phi) is 5.43. The van der Waals surface area contributed by atoms with E-state index in [2.05, 4.69) is 35.4 Å². The molecule has 0 radical (unpaired) electrons. The molecule has 1 amide bonds. The number of hydrogen-bond acceptors (Lipinski definition) is 5. The number of anilines is 1. The fraction of sp³-hybridized carbons (Fsp3) is 0.400. The molecule has 0 aliphatic heterocycles. The zero-order chi connectivity index (χ0) is 16.1. The van der Waals surface area contributed by atoms with Gasteiger partial charge in [0.2, 0.25) is 11.1 Å². The number of amides is 1. The summed E-state index contributed by atoms with van der Waals surface area (Å²) in [7, 11) is 0. The average Bonchev–Trinajstić information content (AvgIpc) is 2.92. The first-order chi connectivity index (χ1) is 10.5. The first-order valence-electron chi connectivity index (χ1n) is 7.24. The fourth-order valence-corrected chi connectivity index (χ4v) is 2.77. The molecule has 118 valence electrons. The van der Waals surface area contributed by atoms with Crippen LogP contribution < -0.4 is 11.2 Å². The van der Waals surface area contributed by atoms with Crippen molar-refractivity contribution in [1.29, 1.82) is 0 Å². The lowest BCUT2D eigenvalue weighted by molar-refractivity contribution is -0.115. The number of benzene rings is 1. The zero-order valence-corrected chi connectivity index (χ0v) is 13.8. The van der Waals surface area contributed by atoms with E-state index >= 15 is 0 Å². The molecule has 2 rings (SSSR count). The molecular formula is C15H21N5OS. The van der Waals surface area contributed by atoms with Crippen LogP contribution in [-0.2, 0) is 4.79 Å². The van der Waals surface area contributed by atoms with Gasteiger partial charge < -0.3 is 11.2 Å². The molecule has 22 heavy (non-hydrogen) atoms. The number of nitrogens with zero attached hydrogens (tertiary/aromatic N) is 3. The summed E-state index contributed by atoms with van der Waals surface area (Å²) in [4.78, 5) is 12.4. The summed E-state index contributed by atoms with van der Waals surface area (Å²) in [5.74, 6) is 5.98. The van der Waals surface area contributed by atoms with Gasteiger partial charge in [0, 0.05) is 5.69 Å². The molecule has 2 aromatic rings. The summed E-state index contributed by atoms with van der Waals surface area (Å²) >= 11 is 1.28. The van der Waals surface area contributed by atoms with Crippen LogP contribution in [0.2, 0.25) is 0 Å². The van der Waals surface area contributed by atoms with E-state index < -0.39 is 0 Å². The van der Waals surface area contributed by atoms with Crippen LogP contribution in [0.3, 0.4) is 0 Å². The third-order valence-electron chi connectivity index (χ3n) is 3.55. The maximum atomic E-state index is 12.4. The van der Waals surface area contributed by atoms with Crippen LogP contribution in [0.4, 0.5) is 5.69 Å². The van der Waals surface area contributed by atoms with Crippen molar-refractivity contribution in [1.82, 2.24) is 14.9 Å². The predicted molar refractivity (Wildman–Crippen MR) is 89.3 cm³/mol. The summed E-state index contributed by atoms with van der Waals surface area (Å²) in [6.45, 7) is 6.11. The molecule has 0 unspecified atom stereocenters. The van der Waals surface area contributed by atoms with Crippen molar-refractivity contribution in [2.24, 2.45) is 0 Å². The highest BCUT2D eigenvalue weighted by molar-refractivity contribution is 8.00. The summed E-state index contributed by atoms with van der Waals surface area (Å²) < 4.78 is 1.31. The monoisotopic (exact) mass is 319 g/mol. The van der Waals surface area contributed by atoms with Crippen molar-refractivity contribution in [3.05, 3.63) is 36.2 Å². The Morgan fingerprint density at radius 1 is 1.41 bits per heavy atom. The van der Waals surface area contributed by atoms with E-state index in [0.29, 0.717) is 11.1 Å². The Bertz CT molecular complexity index is 642. The van der Waals surface area contributed by atoms with E-state index in [-0.39, 0.29) is 11.2 Å². The van der Waals surface area contributed by atoms with Gasteiger partial charge in [-0.2, -0.15) is 0 Å². The Morgan fingerprint density at radius 2 is 2.14 bits per heavy atom. The molecule has 0 aliphatic carbocycles. The quantitative estimate of drug-likeness (QED) is 0.631. The second-order valence-corrected chi connectivity index (χ2v) is 6.47. The smallest absolute Gasteiger partial charge is 0.237 e. The highest BCUT2D eigenvalue weighted by Crippen LogP contribution is 2.28. The number of nitrogens with one attached hydrogen (secondary N) is 1. The number of nitrogen functional groups attached to an aromatic ring is 1. The average molecular weight is 319 g/mol. The third kappa shape index (κ3) is 3.79. The molecule has 7 heteroatoms. The first kappa shape index (κ1) is 16.4. The van der Waals surface area contributed by atoms with Crippen molar-refractivity contribution >= 4 is 23.4 Å². The van der Waals surface area contributed by atoms with E-state index in [1.54, 1.807) is 0 Å². The zero-order valence-electron chi connectivity index (χ0n) is 13.0. The van der Waals surface area contributed by atoms with Crippen molar-refractivity contribution in [3.8, 4) is 0 Å². The number of nitrogens with two attached hydrogens (primary N) is 1. The number of para-hydroxylation sites is 1. The number of thioether (sulfide) groups is 1. The first-order valence-corrected chi connectivity index (χ1v) is 8.12. The number of hydrogen-bond donors (Lipinski definition) is 2. The number of rotatable bonds is 6.